The Morgan fingerprint density at radius 2 is 0.947 bits per heavy atom. The summed E-state index contributed by atoms with van der Waals surface area (Å²) >= 11 is 0. The van der Waals surface area contributed by atoms with Crippen molar-refractivity contribution in [2.45, 2.75) is 283 Å². The average Bonchev–Trinajstić information content (AvgIpc) is 3.20. The minimum atomic E-state index is -0.786. The Balaban J connectivity index is 4.55. The van der Waals surface area contributed by atoms with Gasteiger partial charge >= 0.3 is 5.97 Å². The highest BCUT2D eigenvalue weighted by Crippen LogP contribution is 2.18. The van der Waals surface area contributed by atoms with E-state index in [2.05, 4.69) is 50.4 Å². The lowest BCUT2D eigenvalue weighted by Crippen LogP contribution is -2.46. The zero-order chi connectivity index (χ0) is 41.7. The van der Waals surface area contributed by atoms with E-state index in [-0.39, 0.29) is 24.9 Å². The first kappa shape index (κ1) is 55.3. The van der Waals surface area contributed by atoms with E-state index in [0.29, 0.717) is 19.3 Å². The third kappa shape index (κ3) is 40.9. The number of allylic oxidation sites excluding steroid dienone is 4. The van der Waals surface area contributed by atoms with E-state index in [1.807, 2.05) is 0 Å². The lowest BCUT2D eigenvalue weighted by Gasteiger charge is -2.24. The maximum atomic E-state index is 13.2. The van der Waals surface area contributed by atoms with Crippen molar-refractivity contribution in [3.63, 3.8) is 0 Å². The Kier molecular flexibility index (Phi) is 44.1. The molecule has 1 amide bonds. The number of aliphatic hydroxyl groups is 2. The summed E-state index contributed by atoms with van der Waals surface area (Å²) in [7, 11) is 0. The molecule has 0 heterocycles. The Labute approximate surface area is 354 Å². The molecule has 3 N–H and O–H groups in total. The normalized spacial score (nSPS) is 13.4. The van der Waals surface area contributed by atoms with Crippen LogP contribution in [0.3, 0.4) is 0 Å². The molecule has 0 spiro atoms. The molecule has 0 aliphatic carbocycles. The molecule has 3 atom stereocenters. The largest absolute Gasteiger partial charge is 0.462 e. The van der Waals surface area contributed by atoms with Crippen LogP contribution in [-0.2, 0) is 14.3 Å². The van der Waals surface area contributed by atoms with Crippen LogP contribution >= 0.6 is 0 Å². The number of hydrogen-bond donors (Lipinski definition) is 3. The van der Waals surface area contributed by atoms with Crippen LogP contribution in [0.2, 0.25) is 0 Å². The molecule has 0 aliphatic heterocycles. The lowest BCUT2D eigenvalue weighted by atomic mass is 10.0. The Morgan fingerprint density at radius 1 is 0.526 bits per heavy atom. The molecule has 6 heteroatoms. The van der Waals surface area contributed by atoms with Gasteiger partial charge in [-0.25, -0.2) is 0 Å². The van der Waals surface area contributed by atoms with Crippen LogP contribution < -0.4 is 5.32 Å². The fraction of sp³-hybridized carbons (Fsp3) is 0.882. The highest BCUT2D eigenvalue weighted by molar-refractivity contribution is 5.77. The van der Waals surface area contributed by atoms with Crippen LogP contribution in [0.4, 0.5) is 0 Å². The van der Waals surface area contributed by atoms with Crippen molar-refractivity contribution >= 4 is 11.9 Å². The summed E-state index contributed by atoms with van der Waals surface area (Å²) in [5, 5.41) is 23.7. The monoisotopic (exact) mass is 804 g/mol. The summed E-state index contributed by atoms with van der Waals surface area (Å²) < 4.78 is 5.92. The number of nitrogens with one attached hydrogen (secondary N) is 1. The van der Waals surface area contributed by atoms with Crippen molar-refractivity contribution in [1.82, 2.24) is 5.32 Å². The second kappa shape index (κ2) is 45.4. The number of esters is 1. The number of carbonyl (C=O) groups is 2. The SMILES string of the molecule is CC/C=C/C/C=C/CCCCCCCC(CC(=O)NC(CO)C(O)CCCCCCCCCCCCCC)OC(=O)CCCCCCCCCCCCCCCC. The molecule has 336 valence electrons. The fourth-order valence-electron chi connectivity index (χ4n) is 7.76. The number of rotatable bonds is 45. The van der Waals surface area contributed by atoms with Gasteiger partial charge in [0.1, 0.15) is 6.10 Å². The maximum absolute atomic E-state index is 13.2. The number of carbonyl (C=O) groups excluding carboxylic acids is 2. The minimum absolute atomic E-state index is 0.0730. The van der Waals surface area contributed by atoms with Crippen molar-refractivity contribution in [3.8, 4) is 0 Å². The molecular weight excluding hydrogens is 707 g/mol. The molecular formula is C51H97NO5. The molecule has 57 heavy (non-hydrogen) atoms. The van der Waals surface area contributed by atoms with Gasteiger partial charge in [0.25, 0.3) is 0 Å². The summed E-state index contributed by atoms with van der Waals surface area (Å²) in [4.78, 5) is 26.1. The molecule has 0 aromatic rings. The van der Waals surface area contributed by atoms with E-state index in [9.17, 15) is 19.8 Å². The van der Waals surface area contributed by atoms with Gasteiger partial charge in [-0.2, -0.15) is 0 Å². The molecule has 0 saturated heterocycles. The summed E-state index contributed by atoms with van der Waals surface area (Å²) in [6.07, 6.45) is 50.9. The first-order chi connectivity index (χ1) is 28.0. The molecule has 0 fully saturated rings. The third-order valence-corrected chi connectivity index (χ3v) is 11.5. The Hall–Kier alpha value is -1.66. The standard InChI is InChI=1S/C51H97NO5/c1-4-7-10-13-16-19-22-25-26-29-32-35-38-41-44-51(56)57-47(42-39-36-33-30-27-23-20-17-14-11-8-5-2)45-50(55)52-48(46-53)49(54)43-40-37-34-31-28-24-21-18-15-12-9-6-3/h8,11,17,20,47-49,53-54H,4-7,9-10,12-16,18-19,21-46H2,1-3H3,(H,52,55)/b11-8+,20-17+. The molecule has 0 saturated carbocycles. The van der Waals surface area contributed by atoms with Crippen molar-refractivity contribution in [3.05, 3.63) is 24.3 Å². The number of unbranched alkanes of at least 4 members (excludes halogenated alkanes) is 29. The third-order valence-electron chi connectivity index (χ3n) is 11.5. The van der Waals surface area contributed by atoms with Gasteiger partial charge in [-0.1, -0.05) is 225 Å². The smallest absolute Gasteiger partial charge is 0.306 e. The molecule has 0 rings (SSSR count). The summed E-state index contributed by atoms with van der Waals surface area (Å²) in [6, 6.07) is -0.700. The second-order valence-electron chi connectivity index (χ2n) is 17.2. The summed E-state index contributed by atoms with van der Waals surface area (Å²) in [5.74, 6) is -0.476. The van der Waals surface area contributed by atoms with Crippen molar-refractivity contribution in [2.75, 3.05) is 6.61 Å². The minimum Gasteiger partial charge on any atom is -0.462 e. The molecule has 3 unspecified atom stereocenters. The second-order valence-corrected chi connectivity index (χ2v) is 17.2. The van der Waals surface area contributed by atoms with Crippen LogP contribution in [0.5, 0.6) is 0 Å². The Bertz CT molecular complexity index is 904. The molecule has 0 aromatic carbocycles. The highest BCUT2D eigenvalue weighted by Gasteiger charge is 2.24. The van der Waals surface area contributed by atoms with Gasteiger partial charge < -0.3 is 20.3 Å². The topological polar surface area (TPSA) is 95.9 Å². The first-order valence-corrected chi connectivity index (χ1v) is 25.1. The molecule has 0 aromatic heterocycles. The van der Waals surface area contributed by atoms with Gasteiger partial charge in [0, 0.05) is 6.42 Å². The summed E-state index contributed by atoms with van der Waals surface area (Å²) in [6.45, 7) is 6.38. The molecule has 6 nitrogen and oxygen atoms in total. The van der Waals surface area contributed by atoms with Crippen LogP contribution in [0.1, 0.15) is 265 Å². The van der Waals surface area contributed by atoms with Crippen LogP contribution in [-0.4, -0.2) is 46.9 Å². The average molecular weight is 804 g/mol. The van der Waals surface area contributed by atoms with Crippen molar-refractivity contribution in [1.29, 1.82) is 0 Å². The Morgan fingerprint density at radius 3 is 1.42 bits per heavy atom. The highest BCUT2D eigenvalue weighted by atomic mass is 16.5. The zero-order valence-corrected chi connectivity index (χ0v) is 38.2. The maximum Gasteiger partial charge on any atom is 0.306 e. The van der Waals surface area contributed by atoms with Crippen LogP contribution in [0.25, 0.3) is 0 Å². The zero-order valence-electron chi connectivity index (χ0n) is 38.2. The molecule has 0 aliphatic rings. The number of hydrogen-bond acceptors (Lipinski definition) is 5. The summed E-state index contributed by atoms with van der Waals surface area (Å²) in [5.41, 5.74) is 0. The van der Waals surface area contributed by atoms with E-state index in [1.165, 1.54) is 148 Å². The molecule has 0 radical (unpaired) electrons. The van der Waals surface area contributed by atoms with E-state index >= 15 is 0 Å². The molecule has 0 bridgehead atoms. The van der Waals surface area contributed by atoms with Gasteiger partial charge in [0.2, 0.25) is 5.91 Å². The van der Waals surface area contributed by atoms with Crippen molar-refractivity contribution < 1.29 is 24.5 Å². The quantitative estimate of drug-likeness (QED) is 0.0324. The predicted molar refractivity (Wildman–Crippen MR) is 246 cm³/mol. The van der Waals surface area contributed by atoms with Gasteiger partial charge in [0.15, 0.2) is 0 Å². The van der Waals surface area contributed by atoms with Gasteiger partial charge in [-0.15, -0.1) is 0 Å². The van der Waals surface area contributed by atoms with E-state index in [1.54, 1.807) is 0 Å². The number of amides is 1. The predicted octanol–water partition coefficient (Wildman–Crippen LogP) is 14.7. The lowest BCUT2D eigenvalue weighted by molar-refractivity contribution is -0.151. The van der Waals surface area contributed by atoms with Gasteiger partial charge in [-0.3, -0.25) is 9.59 Å². The van der Waals surface area contributed by atoms with Crippen LogP contribution in [0.15, 0.2) is 24.3 Å². The van der Waals surface area contributed by atoms with E-state index in [4.69, 9.17) is 4.74 Å². The fourth-order valence-corrected chi connectivity index (χ4v) is 7.76. The van der Waals surface area contributed by atoms with E-state index in [0.717, 1.165) is 70.6 Å². The number of aliphatic hydroxyl groups excluding tert-OH is 2. The van der Waals surface area contributed by atoms with Crippen LogP contribution in [0, 0.1) is 0 Å². The van der Waals surface area contributed by atoms with Gasteiger partial charge in [0.05, 0.1) is 25.2 Å². The van der Waals surface area contributed by atoms with E-state index < -0.39 is 18.2 Å². The van der Waals surface area contributed by atoms with Gasteiger partial charge in [-0.05, 0) is 51.4 Å². The first-order valence-electron chi connectivity index (χ1n) is 25.1. The number of ether oxygens (including phenoxy) is 1. The van der Waals surface area contributed by atoms with Crippen molar-refractivity contribution in [2.24, 2.45) is 0 Å².